The van der Waals surface area contributed by atoms with E-state index in [1.54, 1.807) is 17.0 Å². The second-order valence-corrected chi connectivity index (χ2v) is 5.76. The van der Waals surface area contributed by atoms with Crippen LogP contribution in [0.3, 0.4) is 0 Å². The van der Waals surface area contributed by atoms with Crippen molar-refractivity contribution in [3.63, 3.8) is 0 Å². The molecule has 5 nitrogen and oxygen atoms in total. The molecule has 1 aromatic rings. The van der Waals surface area contributed by atoms with Gasteiger partial charge < -0.3 is 9.74 Å². The number of halogens is 1. The lowest BCUT2D eigenvalue weighted by atomic mass is 10.2. The van der Waals surface area contributed by atoms with Crippen molar-refractivity contribution in [1.29, 1.82) is 0 Å². The standard InChI is InChI=1S/C9H10ClNO.C8H14N2O/c1-11(7-12)6-8-2-4-9(10)5-3-8;1-5-6(2)8-9-7(3)10(4)11-8/h2-5,7H,6H2,1H3;5,7H,1-4H3/b;6-5+. The molecule has 1 aliphatic rings. The highest BCUT2D eigenvalue weighted by Crippen LogP contribution is 2.13. The van der Waals surface area contributed by atoms with E-state index in [1.807, 2.05) is 58.2 Å². The minimum Gasteiger partial charge on any atom is -0.384 e. The molecule has 0 aliphatic carbocycles. The molecule has 0 N–H and O–H groups in total. The normalized spacial score (nSPS) is 17.7. The van der Waals surface area contributed by atoms with E-state index >= 15 is 0 Å². The van der Waals surface area contributed by atoms with Crippen LogP contribution in [0.15, 0.2) is 40.9 Å². The average Bonchev–Trinajstić information content (AvgIpc) is 2.88. The Kier molecular flexibility index (Phi) is 7.78. The number of amides is 1. The highest BCUT2D eigenvalue weighted by Gasteiger charge is 2.21. The maximum Gasteiger partial charge on any atom is 0.237 e. The first-order valence-corrected chi connectivity index (χ1v) is 7.77. The molecule has 1 aliphatic heterocycles. The SMILES string of the molecule is C/C=C(\C)C1=NC(C)N(C)O1.CN(C=O)Cc1ccc(Cl)cc1. The van der Waals surface area contributed by atoms with E-state index in [0.29, 0.717) is 11.6 Å². The Bertz CT molecular complexity index is 570. The molecule has 1 aromatic carbocycles. The zero-order valence-corrected chi connectivity index (χ0v) is 15.0. The van der Waals surface area contributed by atoms with Crippen molar-refractivity contribution in [3.8, 4) is 0 Å². The fourth-order valence-corrected chi connectivity index (χ4v) is 1.83. The fraction of sp³-hybridized carbons (Fsp3) is 0.412. The molecule has 0 radical (unpaired) electrons. The van der Waals surface area contributed by atoms with Gasteiger partial charge in [-0.2, -0.15) is 0 Å². The Hall–Kier alpha value is -1.85. The molecule has 1 heterocycles. The summed E-state index contributed by atoms with van der Waals surface area (Å²) in [5.74, 6) is 0.738. The summed E-state index contributed by atoms with van der Waals surface area (Å²) in [6.45, 7) is 6.59. The van der Waals surface area contributed by atoms with Crippen LogP contribution in [0.4, 0.5) is 0 Å². The molecule has 2 rings (SSSR count). The Labute approximate surface area is 143 Å². The minimum absolute atomic E-state index is 0.139. The summed E-state index contributed by atoms with van der Waals surface area (Å²) in [5.41, 5.74) is 2.16. The molecular weight excluding hydrogens is 314 g/mol. The van der Waals surface area contributed by atoms with Gasteiger partial charge >= 0.3 is 0 Å². The van der Waals surface area contributed by atoms with Crippen molar-refractivity contribution in [2.24, 2.45) is 4.99 Å². The molecule has 0 saturated carbocycles. The second kappa shape index (κ2) is 9.33. The lowest BCUT2D eigenvalue weighted by Crippen LogP contribution is -2.21. The smallest absolute Gasteiger partial charge is 0.237 e. The molecule has 0 fully saturated rings. The van der Waals surface area contributed by atoms with Crippen molar-refractivity contribution in [2.75, 3.05) is 14.1 Å². The van der Waals surface area contributed by atoms with Gasteiger partial charge in [0.25, 0.3) is 0 Å². The zero-order valence-electron chi connectivity index (χ0n) is 14.3. The third kappa shape index (κ3) is 6.42. The van der Waals surface area contributed by atoms with E-state index in [2.05, 4.69) is 4.99 Å². The average molecular weight is 338 g/mol. The van der Waals surface area contributed by atoms with E-state index in [1.165, 1.54) is 0 Å². The highest BCUT2D eigenvalue weighted by atomic mass is 35.5. The topological polar surface area (TPSA) is 45.1 Å². The first-order valence-electron chi connectivity index (χ1n) is 7.39. The van der Waals surface area contributed by atoms with Crippen LogP contribution in [-0.4, -0.2) is 42.5 Å². The van der Waals surface area contributed by atoms with Crippen molar-refractivity contribution >= 4 is 23.9 Å². The molecule has 0 saturated heterocycles. The predicted molar refractivity (Wildman–Crippen MR) is 94.2 cm³/mol. The van der Waals surface area contributed by atoms with Crippen LogP contribution in [0.2, 0.25) is 5.02 Å². The molecule has 1 amide bonds. The molecule has 126 valence electrons. The molecule has 1 unspecified atom stereocenters. The van der Waals surface area contributed by atoms with Crippen LogP contribution in [0.25, 0.3) is 0 Å². The third-order valence-corrected chi connectivity index (χ3v) is 3.61. The summed E-state index contributed by atoms with van der Waals surface area (Å²) in [4.78, 5) is 21.5. The molecule has 0 spiro atoms. The van der Waals surface area contributed by atoms with Gasteiger partial charge in [-0.3, -0.25) is 4.79 Å². The summed E-state index contributed by atoms with van der Waals surface area (Å²) in [7, 11) is 3.62. The summed E-state index contributed by atoms with van der Waals surface area (Å²) in [5, 5.41) is 2.45. The molecular formula is C17H24ClN3O2. The summed E-state index contributed by atoms with van der Waals surface area (Å²) in [6, 6.07) is 7.44. The Balaban J connectivity index is 0.000000231. The Morgan fingerprint density at radius 3 is 2.48 bits per heavy atom. The third-order valence-electron chi connectivity index (χ3n) is 3.36. The van der Waals surface area contributed by atoms with Crippen LogP contribution in [0.5, 0.6) is 0 Å². The molecule has 23 heavy (non-hydrogen) atoms. The van der Waals surface area contributed by atoms with Gasteiger partial charge in [-0.05, 0) is 38.5 Å². The Morgan fingerprint density at radius 2 is 2.04 bits per heavy atom. The summed E-state index contributed by atoms with van der Waals surface area (Å²) in [6.07, 6.45) is 2.93. The van der Waals surface area contributed by atoms with Crippen molar-refractivity contribution in [1.82, 2.24) is 9.96 Å². The number of benzene rings is 1. The zero-order chi connectivity index (χ0) is 17.4. The van der Waals surface area contributed by atoms with Crippen LogP contribution in [0, 0.1) is 0 Å². The largest absolute Gasteiger partial charge is 0.384 e. The monoisotopic (exact) mass is 337 g/mol. The van der Waals surface area contributed by atoms with Gasteiger partial charge in [-0.25, -0.2) is 4.99 Å². The minimum atomic E-state index is 0.139. The number of nitrogens with zero attached hydrogens (tertiary/aromatic N) is 3. The lowest BCUT2D eigenvalue weighted by molar-refractivity contribution is -0.117. The van der Waals surface area contributed by atoms with Crippen molar-refractivity contribution < 1.29 is 9.63 Å². The van der Waals surface area contributed by atoms with Crippen molar-refractivity contribution in [2.45, 2.75) is 33.5 Å². The number of carbonyl (C=O) groups excluding carboxylic acids is 1. The summed E-state index contributed by atoms with van der Waals surface area (Å²) >= 11 is 5.70. The number of rotatable bonds is 4. The van der Waals surface area contributed by atoms with E-state index in [4.69, 9.17) is 16.4 Å². The lowest BCUT2D eigenvalue weighted by Gasteiger charge is -2.11. The Morgan fingerprint density at radius 1 is 1.43 bits per heavy atom. The number of allylic oxidation sites excluding steroid dienone is 1. The first-order chi connectivity index (χ1) is 10.9. The molecule has 0 aromatic heterocycles. The van der Waals surface area contributed by atoms with E-state index in [0.717, 1.165) is 23.4 Å². The molecule has 6 heteroatoms. The predicted octanol–water partition coefficient (Wildman–Crippen LogP) is 3.50. The highest BCUT2D eigenvalue weighted by molar-refractivity contribution is 6.30. The molecule has 0 bridgehead atoms. The number of hydrogen-bond donors (Lipinski definition) is 0. The van der Waals surface area contributed by atoms with Gasteiger partial charge in [0.05, 0.1) is 0 Å². The van der Waals surface area contributed by atoms with Crippen molar-refractivity contribution in [3.05, 3.63) is 46.5 Å². The number of aliphatic imine (C=N–C) groups is 1. The maximum atomic E-state index is 10.3. The van der Waals surface area contributed by atoms with E-state index < -0.39 is 0 Å². The number of carbonyl (C=O) groups is 1. The van der Waals surface area contributed by atoms with Crippen LogP contribution >= 0.6 is 11.6 Å². The maximum absolute atomic E-state index is 10.3. The summed E-state index contributed by atoms with van der Waals surface area (Å²) < 4.78 is 0. The van der Waals surface area contributed by atoms with Gasteiger partial charge in [0, 0.05) is 31.2 Å². The first kappa shape index (κ1) is 19.2. The van der Waals surface area contributed by atoms with Gasteiger partial charge in [-0.15, -0.1) is 5.06 Å². The van der Waals surface area contributed by atoms with Crippen LogP contribution in [-0.2, 0) is 16.2 Å². The van der Waals surface area contributed by atoms with Gasteiger partial charge in [0.1, 0.15) is 6.17 Å². The van der Waals surface area contributed by atoms with Gasteiger partial charge in [0.2, 0.25) is 12.3 Å². The van der Waals surface area contributed by atoms with Gasteiger partial charge in [-0.1, -0.05) is 29.8 Å². The molecule has 1 atom stereocenters. The van der Waals surface area contributed by atoms with E-state index in [9.17, 15) is 4.79 Å². The van der Waals surface area contributed by atoms with E-state index in [-0.39, 0.29) is 6.17 Å². The quantitative estimate of drug-likeness (QED) is 0.790. The number of hydroxylamine groups is 2. The second-order valence-electron chi connectivity index (χ2n) is 5.32. The van der Waals surface area contributed by atoms with Crippen LogP contribution < -0.4 is 0 Å². The fourth-order valence-electron chi connectivity index (χ4n) is 1.70. The van der Waals surface area contributed by atoms with Crippen LogP contribution in [0.1, 0.15) is 26.3 Å². The van der Waals surface area contributed by atoms with Gasteiger partial charge in [0.15, 0.2) is 0 Å². The number of hydrogen-bond acceptors (Lipinski definition) is 4.